The van der Waals surface area contributed by atoms with Crippen molar-refractivity contribution >= 4 is 5.97 Å². The van der Waals surface area contributed by atoms with Crippen LogP contribution in [0.1, 0.15) is 39.7 Å². The molecule has 0 saturated carbocycles. The number of carbonyl (C=O) groups is 1. The molecular weight excluding hydrogens is 266 g/mol. The topological polar surface area (TPSA) is 47.6 Å². The first-order chi connectivity index (χ1) is 9.91. The van der Waals surface area contributed by atoms with Crippen molar-refractivity contribution in [2.75, 3.05) is 13.7 Å². The van der Waals surface area contributed by atoms with E-state index in [1.807, 2.05) is 52.0 Å². The summed E-state index contributed by atoms with van der Waals surface area (Å²) < 4.78 is 10.4. The number of carbonyl (C=O) groups excluding carboxylic acids is 1. The minimum absolute atomic E-state index is 0.188. The summed E-state index contributed by atoms with van der Waals surface area (Å²) >= 11 is 0. The van der Waals surface area contributed by atoms with Gasteiger partial charge in [0.2, 0.25) is 0 Å². The standard InChI is InChI=1S/C17H27NO3/c1-6-21-16(19)17(4,18-13(2)3)12-11-14-7-9-15(20-5)10-8-14/h7-10,13,18H,6,11-12H2,1-5H3. The molecule has 0 aliphatic heterocycles. The second-order valence-corrected chi connectivity index (χ2v) is 5.70. The number of hydrogen-bond donors (Lipinski definition) is 1. The van der Waals surface area contributed by atoms with Gasteiger partial charge in [-0.25, -0.2) is 0 Å². The van der Waals surface area contributed by atoms with E-state index in [1.54, 1.807) is 7.11 Å². The van der Waals surface area contributed by atoms with Crippen molar-refractivity contribution in [1.82, 2.24) is 5.32 Å². The molecule has 0 heterocycles. The van der Waals surface area contributed by atoms with Crippen molar-refractivity contribution in [3.63, 3.8) is 0 Å². The Bertz CT molecular complexity index is 442. The van der Waals surface area contributed by atoms with Gasteiger partial charge in [0.15, 0.2) is 0 Å². The molecule has 0 aliphatic carbocycles. The van der Waals surface area contributed by atoms with Crippen LogP contribution in [0, 0.1) is 0 Å². The molecule has 0 spiro atoms. The van der Waals surface area contributed by atoms with Crippen LogP contribution in [0.4, 0.5) is 0 Å². The Labute approximate surface area is 127 Å². The van der Waals surface area contributed by atoms with E-state index < -0.39 is 5.54 Å². The second kappa shape index (κ2) is 8.03. The number of esters is 1. The summed E-state index contributed by atoms with van der Waals surface area (Å²) in [7, 11) is 1.65. The zero-order chi connectivity index (χ0) is 15.9. The van der Waals surface area contributed by atoms with Gasteiger partial charge in [0.05, 0.1) is 13.7 Å². The molecule has 4 heteroatoms. The molecule has 1 aromatic rings. The highest BCUT2D eigenvalue weighted by Crippen LogP contribution is 2.19. The smallest absolute Gasteiger partial charge is 0.326 e. The number of hydrogen-bond acceptors (Lipinski definition) is 4. The zero-order valence-electron chi connectivity index (χ0n) is 13.7. The third-order valence-corrected chi connectivity index (χ3v) is 3.41. The van der Waals surface area contributed by atoms with Gasteiger partial charge in [-0.1, -0.05) is 12.1 Å². The van der Waals surface area contributed by atoms with Crippen LogP contribution in [0.15, 0.2) is 24.3 Å². The van der Waals surface area contributed by atoms with Crippen molar-refractivity contribution in [3.05, 3.63) is 29.8 Å². The van der Waals surface area contributed by atoms with E-state index in [4.69, 9.17) is 9.47 Å². The Kier molecular flexibility index (Phi) is 6.69. The summed E-state index contributed by atoms with van der Waals surface area (Å²) in [4.78, 5) is 12.2. The monoisotopic (exact) mass is 293 g/mol. The molecule has 21 heavy (non-hydrogen) atoms. The lowest BCUT2D eigenvalue weighted by atomic mass is 9.92. The summed E-state index contributed by atoms with van der Waals surface area (Å²) in [5.74, 6) is 0.652. The van der Waals surface area contributed by atoms with E-state index >= 15 is 0 Å². The lowest BCUT2D eigenvalue weighted by Crippen LogP contribution is -2.53. The first kappa shape index (κ1) is 17.5. The van der Waals surface area contributed by atoms with Gasteiger partial charge in [-0.05, 0) is 58.2 Å². The van der Waals surface area contributed by atoms with Crippen LogP contribution in [-0.4, -0.2) is 31.3 Å². The minimum atomic E-state index is -0.663. The van der Waals surface area contributed by atoms with Crippen LogP contribution in [0.5, 0.6) is 5.75 Å². The maximum absolute atomic E-state index is 12.2. The normalized spacial score (nSPS) is 13.8. The zero-order valence-corrected chi connectivity index (χ0v) is 13.7. The molecule has 0 saturated heterocycles. The summed E-state index contributed by atoms with van der Waals surface area (Å²) in [6.07, 6.45) is 1.50. The Hall–Kier alpha value is -1.55. The Morgan fingerprint density at radius 1 is 1.29 bits per heavy atom. The molecule has 1 aromatic carbocycles. The minimum Gasteiger partial charge on any atom is -0.497 e. The highest BCUT2D eigenvalue weighted by atomic mass is 16.5. The van der Waals surface area contributed by atoms with E-state index in [1.165, 1.54) is 5.56 Å². The van der Waals surface area contributed by atoms with Crippen LogP contribution >= 0.6 is 0 Å². The van der Waals surface area contributed by atoms with Crippen molar-refractivity contribution in [1.29, 1.82) is 0 Å². The third kappa shape index (κ3) is 5.38. The number of nitrogens with one attached hydrogen (secondary N) is 1. The molecule has 1 unspecified atom stereocenters. The van der Waals surface area contributed by atoms with Gasteiger partial charge in [-0.3, -0.25) is 10.1 Å². The van der Waals surface area contributed by atoms with Crippen LogP contribution in [0.2, 0.25) is 0 Å². The number of methoxy groups -OCH3 is 1. The summed E-state index contributed by atoms with van der Waals surface area (Å²) in [5, 5.41) is 3.33. The maximum atomic E-state index is 12.2. The summed E-state index contributed by atoms with van der Waals surface area (Å²) in [6, 6.07) is 8.15. The molecule has 1 N–H and O–H groups in total. The van der Waals surface area contributed by atoms with Crippen LogP contribution < -0.4 is 10.1 Å². The first-order valence-electron chi connectivity index (χ1n) is 7.49. The first-order valence-corrected chi connectivity index (χ1v) is 7.49. The van der Waals surface area contributed by atoms with Gasteiger partial charge < -0.3 is 9.47 Å². The quantitative estimate of drug-likeness (QED) is 0.749. The van der Waals surface area contributed by atoms with Crippen LogP contribution in [-0.2, 0) is 16.0 Å². The van der Waals surface area contributed by atoms with Gasteiger partial charge in [-0.2, -0.15) is 0 Å². The molecule has 1 atom stereocenters. The molecule has 0 amide bonds. The van der Waals surface area contributed by atoms with Crippen LogP contribution in [0.3, 0.4) is 0 Å². The van der Waals surface area contributed by atoms with Crippen molar-refractivity contribution < 1.29 is 14.3 Å². The van der Waals surface area contributed by atoms with Gasteiger partial charge in [0.1, 0.15) is 11.3 Å². The van der Waals surface area contributed by atoms with Gasteiger partial charge in [0.25, 0.3) is 0 Å². The Morgan fingerprint density at radius 2 is 1.90 bits per heavy atom. The molecular formula is C17H27NO3. The summed E-state index contributed by atoms with van der Waals surface area (Å²) in [6.45, 7) is 8.21. The van der Waals surface area contributed by atoms with E-state index in [0.29, 0.717) is 13.0 Å². The van der Waals surface area contributed by atoms with E-state index in [-0.39, 0.29) is 12.0 Å². The predicted molar refractivity (Wildman–Crippen MR) is 84.6 cm³/mol. The molecule has 4 nitrogen and oxygen atoms in total. The van der Waals surface area contributed by atoms with E-state index in [9.17, 15) is 4.79 Å². The molecule has 0 radical (unpaired) electrons. The fourth-order valence-corrected chi connectivity index (χ4v) is 2.35. The maximum Gasteiger partial charge on any atom is 0.326 e. The summed E-state index contributed by atoms with van der Waals surface area (Å²) in [5.41, 5.74) is 0.515. The van der Waals surface area contributed by atoms with Crippen molar-refractivity contribution in [3.8, 4) is 5.75 Å². The second-order valence-electron chi connectivity index (χ2n) is 5.70. The molecule has 0 aliphatic rings. The molecule has 0 aromatic heterocycles. The average Bonchev–Trinajstić information content (AvgIpc) is 2.45. The highest BCUT2D eigenvalue weighted by molar-refractivity contribution is 5.80. The average molecular weight is 293 g/mol. The highest BCUT2D eigenvalue weighted by Gasteiger charge is 2.34. The van der Waals surface area contributed by atoms with Gasteiger partial charge >= 0.3 is 5.97 Å². The van der Waals surface area contributed by atoms with E-state index in [2.05, 4.69) is 5.32 Å². The Balaban J connectivity index is 2.73. The fraction of sp³-hybridized carbons (Fsp3) is 0.588. The SMILES string of the molecule is CCOC(=O)C(C)(CCc1ccc(OC)cc1)NC(C)C. The number of aryl methyl sites for hydroxylation is 1. The van der Waals surface area contributed by atoms with Crippen molar-refractivity contribution in [2.24, 2.45) is 0 Å². The number of ether oxygens (including phenoxy) is 2. The fourth-order valence-electron chi connectivity index (χ4n) is 2.35. The molecule has 0 fully saturated rings. The third-order valence-electron chi connectivity index (χ3n) is 3.41. The lowest BCUT2D eigenvalue weighted by Gasteiger charge is -2.30. The van der Waals surface area contributed by atoms with Gasteiger partial charge in [0, 0.05) is 6.04 Å². The van der Waals surface area contributed by atoms with Crippen LogP contribution in [0.25, 0.3) is 0 Å². The molecule has 1 rings (SSSR count). The number of rotatable bonds is 8. The molecule has 0 bridgehead atoms. The lowest BCUT2D eigenvalue weighted by molar-refractivity contribution is -0.151. The predicted octanol–water partition coefficient (Wildman–Crippen LogP) is 2.95. The number of benzene rings is 1. The van der Waals surface area contributed by atoms with E-state index in [0.717, 1.165) is 12.2 Å². The Morgan fingerprint density at radius 3 is 2.38 bits per heavy atom. The van der Waals surface area contributed by atoms with Crippen molar-refractivity contribution in [2.45, 2.75) is 52.1 Å². The largest absolute Gasteiger partial charge is 0.497 e. The van der Waals surface area contributed by atoms with Gasteiger partial charge in [-0.15, -0.1) is 0 Å². The molecule has 118 valence electrons.